The Morgan fingerprint density at radius 3 is 2.69 bits per heavy atom. The summed E-state index contributed by atoms with van der Waals surface area (Å²) >= 11 is 0. The molecule has 1 aromatic rings. The van der Waals surface area contributed by atoms with Gasteiger partial charge in [0.2, 0.25) is 5.91 Å². The van der Waals surface area contributed by atoms with E-state index in [0.717, 1.165) is 0 Å². The standard InChI is InChI=1S/C12H14FNO2/c1-12(16)7-14(8-12)11(15)6-9-4-2-3-5-10(9)13/h2-5,16H,6-8H2,1H3. The Labute approximate surface area is 93.5 Å². The van der Waals surface area contributed by atoms with Crippen molar-refractivity contribution in [1.29, 1.82) is 0 Å². The van der Waals surface area contributed by atoms with E-state index < -0.39 is 5.60 Å². The zero-order valence-corrected chi connectivity index (χ0v) is 9.11. The molecule has 1 N–H and O–H groups in total. The third-order valence-electron chi connectivity index (χ3n) is 2.72. The number of β-amino-alcohol motifs (C(OH)–C–C–N with tert-alkyl or cyclic N) is 1. The number of amides is 1. The van der Waals surface area contributed by atoms with Crippen LogP contribution in [-0.4, -0.2) is 34.6 Å². The summed E-state index contributed by atoms with van der Waals surface area (Å²) in [6.45, 7) is 2.35. The van der Waals surface area contributed by atoms with Crippen LogP contribution in [0.2, 0.25) is 0 Å². The molecule has 1 saturated heterocycles. The van der Waals surface area contributed by atoms with Crippen molar-refractivity contribution in [2.75, 3.05) is 13.1 Å². The van der Waals surface area contributed by atoms with Gasteiger partial charge in [0.1, 0.15) is 5.82 Å². The number of carbonyl (C=O) groups is 1. The van der Waals surface area contributed by atoms with Crippen molar-refractivity contribution in [3.63, 3.8) is 0 Å². The summed E-state index contributed by atoms with van der Waals surface area (Å²) in [5.41, 5.74) is -0.371. The molecular formula is C12H14FNO2. The van der Waals surface area contributed by atoms with Gasteiger partial charge in [-0.2, -0.15) is 0 Å². The van der Waals surface area contributed by atoms with Gasteiger partial charge in [-0.15, -0.1) is 0 Å². The molecule has 16 heavy (non-hydrogen) atoms. The van der Waals surface area contributed by atoms with E-state index in [1.807, 2.05) is 0 Å². The van der Waals surface area contributed by atoms with E-state index in [4.69, 9.17) is 0 Å². The number of rotatable bonds is 2. The number of nitrogens with zero attached hydrogens (tertiary/aromatic N) is 1. The van der Waals surface area contributed by atoms with E-state index in [2.05, 4.69) is 0 Å². The summed E-state index contributed by atoms with van der Waals surface area (Å²) in [6.07, 6.45) is 0.0583. The summed E-state index contributed by atoms with van der Waals surface area (Å²) in [6, 6.07) is 6.25. The highest BCUT2D eigenvalue weighted by Gasteiger charge is 2.39. The molecule has 1 aliphatic rings. The van der Waals surface area contributed by atoms with Crippen LogP contribution < -0.4 is 0 Å². The lowest BCUT2D eigenvalue weighted by Gasteiger charge is -2.44. The number of halogens is 1. The molecule has 0 saturated carbocycles. The van der Waals surface area contributed by atoms with Crippen LogP contribution in [0.15, 0.2) is 24.3 Å². The number of hydrogen-bond acceptors (Lipinski definition) is 2. The third-order valence-corrected chi connectivity index (χ3v) is 2.72. The van der Waals surface area contributed by atoms with Crippen LogP contribution in [0.25, 0.3) is 0 Å². The minimum atomic E-state index is -0.773. The highest BCUT2D eigenvalue weighted by atomic mass is 19.1. The Hall–Kier alpha value is -1.42. The van der Waals surface area contributed by atoms with Crippen LogP contribution >= 0.6 is 0 Å². The van der Waals surface area contributed by atoms with Gasteiger partial charge in [-0.05, 0) is 18.6 Å². The molecule has 1 aromatic carbocycles. The average molecular weight is 223 g/mol. The third kappa shape index (κ3) is 2.22. The predicted molar refractivity (Wildman–Crippen MR) is 57.3 cm³/mol. The first kappa shape index (κ1) is 11.1. The first-order valence-corrected chi connectivity index (χ1v) is 5.21. The highest BCUT2D eigenvalue weighted by molar-refractivity contribution is 5.79. The predicted octanol–water partition coefficient (Wildman–Crippen LogP) is 0.961. The van der Waals surface area contributed by atoms with Gasteiger partial charge < -0.3 is 10.0 Å². The second-order valence-corrected chi connectivity index (χ2v) is 4.51. The Morgan fingerprint density at radius 2 is 2.12 bits per heavy atom. The van der Waals surface area contributed by atoms with Crippen molar-refractivity contribution in [3.8, 4) is 0 Å². The Bertz CT molecular complexity index is 409. The molecule has 4 heteroatoms. The molecule has 0 radical (unpaired) electrons. The van der Waals surface area contributed by atoms with Crippen LogP contribution in [0.3, 0.4) is 0 Å². The molecule has 0 aromatic heterocycles. The van der Waals surface area contributed by atoms with Crippen LogP contribution in [0, 0.1) is 5.82 Å². The molecule has 1 heterocycles. The van der Waals surface area contributed by atoms with E-state index in [1.165, 1.54) is 11.0 Å². The molecule has 1 aliphatic heterocycles. The summed E-state index contributed by atoms with van der Waals surface area (Å²) in [4.78, 5) is 13.2. The highest BCUT2D eigenvalue weighted by Crippen LogP contribution is 2.21. The first-order chi connectivity index (χ1) is 7.48. The average Bonchev–Trinajstić information content (AvgIpc) is 2.17. The molecule has 0 aliphatic carbocycles. The fourth-order valence-electron chi connectivity index (χ4n) is 1.87. The van der Waals surface area contributed by atoms with Gasteiger partial charge in [-0.25, -0.2) is 4.39 Å². The lowest BCUT2D eigenvalue weighted by molar-refractivity contribution is -0.151. The SMILES string of the molecule is CC1(O)CN(C(=O)Cc2ccccc2F)C1. The number of aliphatic hydroxyl groups is 1. The van der Waals surface area contributed by atoms with Crippen LogP contribution in [-0.2, 0) is 11.2 Å². The molecule has 2 rings (SSSR count). The monoisotopic (exact) mass is 223 g/mol. The van der Waals surface area contributed by atoms with E-state index in [-0.39, 0.29) is 18.1 Å². The van der Waals surface area contributed by atoms with Crippen molar-refractivity contribution in [2.24, 2.45) is 0 Å². The zero-order chi connectivity index (χ0) is 11.8. The Morgan fingerprint density at radius 1 is 1.50 bits per heavy atom. The van der Waals surface area contributed by atoms with Crippen molar-refractivity contribution >= 4 is 5.91 Å². The minimum Gasteiger partial charge on any atom is -0.386 e. The summed E-state index contributed by atoms with van der Waals surface area (Å²) in [5, 5.41) is 9.49. The molecular weight excluding hydrogens is 209 g/mol. The Balaban J connectivity index is 1.96. The van der Waals surface area contributed by atoms with Gasteiger partial charge >= 0.3 is 0 Å². The van der Waals surface area contributed by atoms with E-state index in [1.54, 1.807) is 25.1 Å². The summed E-state index contributed by atoms with van der Waals surface area (Å²) in [7, 11) is 0. The quantitative estimate of drug-likeness (QED) is 0.811. The van der Waals surface area contributed by atoms with E-state index in [0.29, 0.717) is 18.7 Å². The van der Waals surface area contributed by atoms with Gasteiger partial charge in [0, 0.05) is 0 Å². The molecule has 0 spiro atoms. The van der Waals surface area contributed by atoms with Crippen molar-refractivity contribution in [2.45, 2.75) is 18.9 Å². The zero-order valence-electron chi connectivity index (χ0n) is 9.11. The summed E-state index contributed by atoms with van der Waals surface area (Å²) < 4.78 is 13.3. The largest absolute Gasteiger partial charge is 0.386 e. The van der Waals surface area contributed by atoms with Gasteiger partial charge in [-0.1, -0.05) is 18.2 Å². The maximum absolute atomic E-state index is 13.3. The molecule has 0 bridgehead atoms. The smallest absolute Gasteiger partial charge is 0.227 e. The van der Waals surface area contributed by atoms with Gasteiger partial charge in [0.15, 0.2) is 0 Å². The van der Waals surface area contributed by atoms with Gasteiger partial charge in [0.25, 0.3) is 0 Å². The lowest BCUT2D eigenvalue weighted by atomic mass is 9.96. The van der Waals surface area contributed by atoms with E-state index >= 15 is 0 Å². The van der Waals surface area contributed by atoms with Crippen molar-refractivity contribution < 1.29 is 14.3 Å². The molecule has 3 nitrogen and oxygen atoms in total. The molecule has 1 amide bonds. The topological polar surface area (TPSA) is 40.5 Å². The fraction of sp³-hybridized carbons (Fsp3) is 0.417. The molecule has 86 valence electrons. The Kier molecular flexibility index (Phi) is 2.68. The van der Waals surface area contributed by atoms with E-state index in [9.17, 15) is 14.3 Å². The normalized spacial score (nSPS) is 18.1. The molecule has 0 atom stereocenters. The number of carbonyl (C=O) groups excluding carboxylic acids is 1. The molecule has 1 fully saturated rings. The van der Waals surface area contributed by atoms with Crippen LogP contribution in [0.5, 0.6) is 0 Å². The van der Waals surface area contributed by atoms with Gasteiger partial charge in [-0.3, -0.25) is 4.79 Å². The maximum atomic E-state index is 13.3. The lowest BCUT2D eigenvalue weighted by Crippen LogP contribution is -2.62. The number of likely N-dealkylation sites (tertiary alicyclic amines) is 1. The fourth-order valence-corrected chi connectivity index (χ4v) is 1.87. The first-order valence-electron chi connectivity index (χ1n) is 5.21. The minimum absolute atomic E-state index is 0.0583. The molecule has 0 unspecified atom stereocenters. The van der Waals surface area contributed by atoms with Crippen molar-refractivity contribution in [3.05, 3.63) is 35.6 Å². The maximum Gasteiger partial charge on any atom is 0.227 e. The van der Waals surface area contributed by atoms with Crippen LogP contribution in [0.1, 0.15) is 12.5 Å². The summed E-state index contributed by atoms with van der Waals surface area (Å²) in [5.74, 6) is -0.500. The van der Waals surface area contributed by atoms with Crippen molar-refractivity contribution in [1.82, 2.24) is 4.90 Å². The second kappa shape index (κ2) is 3.87. The van der Waals surface area contributed by atoms with Gasteiger partial charge in [0.05, 0.1) is 25.1 Å². The second-order valence-electron chi connectivity index (χ2n) is 4.51. The number of hydrogen-bond donors (Lipinski definition) is 1. The van der Waals surface area contributed by atoms with Crippen LogP contribution in [0.4, 0.5) is 4.39 Å². The number of benzene rings is 1.